The van der Waals surface area contributed by atoms with Crippen LogP contribution >= 0.6 is 0 Å². The molecule has 1 aromatic carbocycles. The highest BCUT2D eigenvalue weighted by Crippen LogP contribution is 2.65. The molecule has 5 rings (SSSR count). The zero-order valence-electron chi connectivity index (χ0n) is 19.6. The van der Waals surface area contributed by atoms with Gasteiger partial charge in [-0.2, -0.15) is 0 Å². The number of fused-ring (bicyclic) bond motifs is 5. The van der Waals surface area contributed by atoms with Gasteiger partial charge in [0.1, 0.15) is 0 Å². The molecule has 0 heterocycles. The SMILES string of the molecule is CN(C)c1ccc(/C=C2/C[C@H]3[C@@H]4CC=C5C[C@@H](O)CC[C@]5(C)[C@H]4CC[C@]3(C)[C@H]2O)cc1. The third-order valence-corrected chi connectivity index (χ3v) is 9.71. The molecule has 0 saturated heterocycles. The average molecular weight is 422 g/mol. The third-order valence-electron chi connectivity index (χ3n) is 9.71. The Hall–Kier alpha value is -1.58. The highest BCUT2D eigenvalue weighted by Gasteiger charge is 2.59. The molecule has 3 fully saturated rings. The van der Waals surface area contributed by atoms with E-state index in [2.05, 4.69) is 69.3 Å². The van der Waals surface area contributed by atoms with E-state index in [1.54, 1.807) is 0 Å². The molecule has 0 bridgehead atoms. The van der Waals surface area contributed by atoms with Crippen molar-refractivity contribution in [3.05, 3.63) is 47.1 Å². The molecule has 0 radical (unpaired) electrons. The van der Waals surface area contributed by atoms with Crippen LogP contribution in [0, 0.1) is 28.6 Å². The van der Waals surface area contributed by atoms with Crippen LogP contribution in [0.3, 0.4) is 0 Å². The van der Waals surface area contributed by atoms with Gasteiger partial charge in [-0.1, -0.05) is 43.7 Å². The van der Waals surface area contributed by atoms with E-state index in [9.17, 15) is 10.2 Å². The Morgan fingerprint density at radius 2 is 1.71 bits per heavy atom. The van der Waals surface area contributed by atoms with Crippen molar-refractivity contribution < 1.29 is 10.2 Å². The Balaban J connectivity index is 1.43. The van der Waals surface area contributed by atoms with E-state index in [-0.39, 0.29) is 23.0 Å². The van der Waals surface area contributed by atoms with E-state index in [0.717, 1.165) is 38.5 Å². The van der Waals surface area contributed by atoms with Crippen LogP contribution in [0.4, 0.5) is 5.69 Å². The monoisotopic (exact) mass is 421 g/mol. The fourth-order valence-corrected chi connectivity index (χ4v) is 7.72. The number of hydrogen-bond acceptors (Lipinski definition) is 3. The smallest absolute Gasteiger partial charge is 0.0809 e. The first-order valence-corrected chi connectivity index (χ1v) is 12.3. The molecule has 0 unspecified atom stereocenters. The van der Waals surface area contributed by atoms with Crippen molar-refractivity contribution in [2.24, 2.45) is 28.6 Å². The van der Waals surface area contributed by atoms with Gasteiger partial charge in [0.15, 0.2) is 0 Å². The van der Waals surface area contributed by atoms with Gasteiger partial charge in [0.05, 0.1) is 12.2 Å². The summed E-state index contributed by atoms with van der Waals surface area (Å²) in [5.41, 5.74) is 5.39. The zero-order valence-corrected chi connectivity index (χ0v) is 19.6. The Labute approximate surface area is 187 Å². The lowest BCUT2D eigenvalue weighted by molar-refractivity contribution is -0.0685. The lowest BCUT2D eigenvalue weighted by Crippen LogP contribution is -2.51. The Bertz CT molecular complexity index is 900. The number of benzene rings is 1. The molecule has 4 aliphatic rings. The molecule has 3 heteroatoms. The summed E-state index contributed by atoms with van der Waals surface area (Å²) in [7, 11) is 4.13. The zero-order chi connectivity index (χ0) is 22.0. The van der Waals surface area contributed by atoms with E-state index < -0.39 is 0 Å². The van der Waals surface area contributed by atoms with Gasteiger partial charge in [0, 0.05) is 25.2 Å². The number of rotatable bonds is 2. The van der Waals surface area contributed by atoms with Crippen molar-refractivity contribution in [2.75, 3.05) is 19.0 Å². The van der Waals surface area contributed by atoms with Gasteiger partial charge in [-0.05, 0) is 91.4 Å². The molecule has 168 valence electrons. The van der Waals surface area contributed by atoms with Gasteiger partial charge < -0.3 is 15.1 Å². The van der Waals surface area contributed by atoms with Crippen LogP contribution in [0.2, 0.25) is 0 Å². The largest absolute Gasteiger partial charge is 0.393 e. The van der Waals surface area contributed by atoms with Gasteiger partial charge in [-0.3, -0.25) is 0 Å². The van der Waals surface area contributed by atoms with Gasteiger partial charge in [0.2, 0.25) is 0 Å². The Kier molecular flexibility index (Phi) is 5.14. The predicted octanol–water partition coefficient (Wildman–Crippen LogP) is 5.43. The maximum absolute atomic E-state index is 11.4. The van der Waals surface area contributed by atoms with Crippen molar-refractivity contribution in [2.45, 2.75) is 71.0 Å². The summed E-state index contributed by atoms with van der Waals surface area (Å²) in [5, 5.41) is 21.7. The summed E-state index contributed by atoms with van der Waals surface area (Å²) in [6, 6.07) is 8.66. The van der Waals surface area contributed by atoms with Crippen molar-refractivity contribution in [3.8, 4) is 0 Å². The number of aliphatic hydroxyl groups is 2. The van der Waals surface area contributed by atoms with E-state index in [1.807, 2.05) is 0 Å². The summed E-state index contributed by atoms with van der Waals surface area (Å²) in [6.07, 6.45) is 11.7. The molecule has 0 amide bonds. The van der Waals surface area contributed by atoms with E-state index >= 15 is 0 Å². The second-order valence-corrected chi connectivity index (χ2v) is 11.5. The van der Waals surface area contributed by atoms with Gasteiger partial charge in [-0.15, -0.1) is 0 Å². The van der Waals surface area contributed by atoms with E-state index in [4.69, 9.17) is 0 Å². The number of aliphatic hydroxyl groups excluding tert-OH is 2. The van der Waals surface area contributed by atoms with Crippen LogP contribution in [0.5, 0.6) is 0 Å². The number of hydrogen-bond donors (Lipinski definition) is 2. The number of allylic oxidation sites excluding steroid dienone is 1. The van der Waals surface area contributed by atoms with Gasteiger partial charge in [0.25, 0.3) is 0 Å². The third kappa shape index (κ3) is 3.31. The van der Waals surface area contributed by atoms with Crippen molar-refractivity contribution in [3.63, 3.8) is 0 Å². The van der Waals surface area contributed by atoms with E-state index in [1.165, 1.54) is 28.8 Å². The Morgan fingerprint density at radius 1 is 0.968 bits per heavy atom. The maximum Gasteiger partial charge on any atom is 0.0809 e. The van der Waals surface area contributed by atoms with Crippen LogP contribution in [-0.2, 0) is 0 Å². The predicted molar refractivity (Wildman–Crippen MR) is 128 cm³/mol. The fourth-order valence-electron chi connectivity index (χ4n) is 7.72. The molecule has 3 saturated carbocycles. The Morgan fingerprint density at radius 3 is 2.42 bits per heavy atom. The molecule has 0 aromatic heterocycles. The van der Waals surface area contributed by atoms with Gasteiger partial charge in [-0.25, -0.2) is 0 Å². The lowest BCUT2D eigenvalue weighted by atomic mass is 9.48. The van der Waals surface area contributed by atoms with E-state index in [0.29, 0.717) is 17.8 Å². The van der Waals surface area contributed by atoms with Crippen LogP contribution in [0.15, 0.2) is 41.5 Å². The molecular formula is C28H39NO2. The minimum atomic E-state index is -0.335. The van der Waals surface area contributed by atoms with Gasteiger partial charge >= 0.3 is 0 Å². The molecule has 2 N–H and O–H groups in total. The van der Waals surface area contributed by atoms with Crippen LogP contribution in [0.25, 0.3) is 6.08 Å². The minimum absolute atomic E-state index is 0.00748. The van der Waals surface area contributed by atoms with Crippen molar-refractivity contribution in [1.82, 2.24) is 0 Å². The number of anilines is 1. The summed E-state index contributed by atoms with van der Waals surface area (Å²) in [5.74, 6) is 1.90. The molecule has 1 aromatic rings. The summed E-state index contributed by atoms with van der Waals surface area (Å²) in [6.45, 7) is 4.82. The first kappa shape index (κ1) is 21.3. The first-order chi connectivity index (χ1) is 14.7. The molecule has 4 aliphatic carbocycles. The molecule has 0 spiro atoms. The average Bonchev–Trinajstić information content (AvgIpc) is 2.99. The second-order valence-electron chi connectivity index (χ2n) is 11.5. The lowest BCUT2D eigenvalue weighted by Gasteiger charge is -2.57. The minimum Gasteiger partial charge on any atom is -0.393 e. The van der Waals surface area contributed by atoms with Crippen molar-refractivity contribution >= 4 is 11.8 Å². The maximum atomic E-state index is 11.4. The quantitative estimate of drug-likeness (QED) is 0.626. The fraction of sp³-hybridized carbons (Fsp3) is 0.643. The second kappa shape index (κ2) is 7.49. The highest BCUT2D eigenvalue weighted by atomic mass is 16.3. The van der Waals surface area contributed by atoms with Crippen LogP contribution < -0.4 is 4.90 Å². The van der Waals surface area contributed by atoms with Crippen LogP contribution in [-0.4, -0.2) is 36.5 Å². The normalized spacial score (nSPS) is 43.1. The summed E-state index contributed by atoms with van der Waals surface area (Å²) < 4.78 is 0. The standard InChI is InChI=1S/C28H39NO2/c1-27-13-11-22(30)17-20(27)7-10-23-24(27)12-14-28(2)25(23)16-19(26(28)31)15-18-5-8-21(9-6-18)29(3)4/h5-9,15,22-26,30-31H,10-14,16-17H2,1-4H3/b19-15-/t22-,23+,24-,25-,26-,27-,28-/m0/s1. The topological polar surface area (TPSA) is 43.7 Å². The summed E-state index contributed by atoms with van der Waals surface area (Å²) >= 11 is 0. The molecule has 3 nitrogen and oxygen atoms in total. The molecule has 31 heavy (non-hydrogen) atoms. The van der Waals surface area contributed by atoms with Crippen molar-refractivity contribution in [1.29, 1.82) is 0 Å². The first-order valence-electron chi connectivity index (χ1n) is 12.3. The number of nitrogens with zero attached hydrogens (tertiary/aromatic N) is 1. The molecule has 7 atom stereocenters. The summed E-state index contributed by atoms with van der Waals surface area (Å²) in [4.78, 5) is 2.12. The molecular weight excluding hydrogens is 382 g/mol. The highest BCUT2D eigenvalue weighted by molar-refractivity contribution is 5.59. The molecule has 0 aliphatic heterocycles. The van der Waals surface area contributed by atoms with Crippen LogP contribution in [0.1, 0.15) is 64.4 Å².